The predicted molar refractivity (Wildman–Crippen MR) is 131 cm³/mol. The second-order valence-electron chi connectivity index (χ2n) is 9.69. The molecule has 1 fully saturated rings. The first kappa shape index (κ1) is 20.7. The Bertz CT molecular complexity index is 1240. The van der Waals surface area contributed by atoms with E-state index in [1.165, 1.54) is 16.5 Å². The average Bonchev–Trinajstić information content (AvgIpc) is 3.29. The van der Waals surface area contributed by atoms with E-state index in [2.05, 4.69) is 41.3 Å². The van der Waals surface area contributed by atoms with Crippen LogP contribution in [0.4, 0.5) is 0 Å². The van der Waals surface area contributed by atoms with Crippen molar-refractivity contribution in [2.45, 2.75) is 30.1 Å². The van der Waals surface area contributed by atoms with Crippen LogP contribution in [0.25, 0.3) is 10.9 Å². The molecule has 0 saturated carbocycles. The molecule has 0 bridgehead atoms. The maximum atomic E-state index is 12.6. The Balaban J connectivity index is 1.54. The molecule has 3 aromatic carbocycles. The fourth-order valence-electron chi connectivity index (χ4n) is 6.62. The van der Waals surface area contributed by atoms with Crippen molar-refractivity contribution in [1.29, 1.82) is 0 Å². The topological polar surface area (TPSA) is 48.5 Å². The molecule has 1 aromatic heterocycles. The maximum Gasteiger partial charge on any atom is 0.119 e. The van der Waals surface area contributed by atoms with Crippen molar-refractivity contribution < 1.29 is 9.84 Å². The molecule has 168 valence electrons. The summed E-state index contributed by atoms with van der Waals surface area (Å²) in [7, 11) is 4.02. The zero-order chi connectivity index (χ0) is 22.6. The second kappa shape index (κ2) is 7.56. The quantitative estimate of drug-likeness (QED) is 0.480. The molecule has 0 amide bonds. The van der Waals surface area contributed by atoms with Crippen molar-refractivity contribution >= 4 is 10.9 Å². The molecule has 0 radical (unpaired) electrons. The van der Waals surface area contributed by atoms with Gasteiger partial charge < -0.3 is 14.8 Å². The molecule has 1 aliphatic heterocycles. The van der Waals surface area contributed by atoms with Crippen molar-refractivity contribution in [2.75, 3.05) is 20.7 Å². The second-order valence-corrected chi connectivity index (χ2v) is 9.69. The van der Waals surface area contributed by atoms with Gasteiger partial charge in [-0.1, -0.05) is 72.8 Å². The number of likely N-dealkylation sites (tertiary alicyclic amines) is 1. The zero-order valence-electron chi connectivity index (χ0n) is 19.2. The van der Waals surface area contributed by atoms with Crippen molar-refractivity contribution in [3.8, 4) is 0 Å². The number of aromatic amines is 1. The van der Waals surface area contributed by atoms with Crippen molar-refractivity contribution in [2.24, 2.45) is 5.92 Å². The summed E-state index contributed by atoms with van der Waals surface area (Å²) < 4.78 is 6.50. The SMILES string of the molecule is CO[C@]12CC(C(O)(c3ccccc3)c3ccccc3)CN(C)[C@@H]1Cc1c[nH]c3cccc2c13. The molecule has 2 heterocycles. The minimum Gasteiger partial charge on any atom is -0.380 e. The van der Waals surface area contributed by atoms with Gasteiger partial charge in [0, 0.05) is 42.7 Å². The lowest BCUT2D eigenvalue weighted by Gasteiger charge is -2.56. The highest BCUT2D eigenvalue weighted by atomic mass is 16.5. The molecule has 1 aliphatic carbocycles. The highest BCUT2D eigenvalue weighted by Crippen LogP contribution is 2.53. The van der Waals surface area contributed by atoms with E-state index in [0.717, 1.165) is 36.0 Å². The number of hydrogen-bond donors (Lipinski definition) is 2. The number of piperidine rings is 1. The van der Waals surface area contributed by atoms with Crippen molar-refractivity contribution in [1.82, 2.24) is 9.88 Å². The molecule has 4 aromatic rings. The molecule has 4 nitrogen and oxygen atoms in total. The lowest BCUT2D eigenvalue weighted by Crippen LogP contribution is -2.62. The number of methoxy groups -OCH3 is 1. The lowest BCUT2D eigenvalue weighted by atomic mass is 9.63. The molecular formula is C29H30N2O2. The number of fused-ring (bicyclic) bond motifs is 2. The summed E-state index contributed by atoms with van der Waals surface area (Å²) in [6.07, 6.45) is 3.82. The van der Waals surface area contributed by atoms with E-state index < -0.39 is 11.2 Å². The fraction of sp³-hybridized carbons (Fsp3) is 0.310. The molecule has 2 N–H and O–H groups in total. The normalized spacial score (nSPS) is 25.2. The summed E-state index contributed by atoms with van der Waals surface area (Å²) in [6, 6.07) is 26.9. The van der Waals surface area contributed by atoms with E-state index >= 15 is 0 Å². The molecule has 1 unspecified atom stereocenters. The molecule has 6 rings (SSSR count). The number of hydrogen-bond acceptors (Lipinski definition) is 3. The smallest absolute Gasteiger partial charge is 0.119 e. The van der Waals surface area contributed by atoms with Gasteiger partial charge in [-0.2, -0.15) is 0 Å². The van der Waals surface area contributed by atoms with Gasteiger partial charge in [-0.3, -0.25) is 4.90 Å². The summed E-state index contributed by atoms with van der Waals surface area (Å²) in [5.41, 5.74) is 3.97. The first-order valence-electron chi connectivity index (χ1n) is 11.8. The van der Waals surface area contributed by atoms with Crippen LogP contribution >= 0.6 is 0 Å². The van der Waals surface area contributed by atoms with E-state index in [-0.39, 0.29) is 12.0 Å². The average molecular weight is 439 g/mol. The van der Waals surface area contributed by atoms with Gasteiger partial charge in [-0.15, -0.1) is 0 Å². The van der Waals surface area contributed by atoms with Gasteiger partial charge in [0.2, 0.25) is 0 Å². The highest BCUT2D eigenvalue weighted by Gasteiger charge is 2.56. The largest absolute Gasteiger partial charge is 0.380 e. The highest BCUT2D eigenvalue weighted by molar-refractivity contribution is 5.88. The number of ether oxygens (including phenoxy) is 1. The minimum absolute atomic E-state index is 0.0563. The van der Waals surface area contributed by atoms with E-state index in [1.807, 2.05) is 67.8 Å². The van der Waals surface area contributed by atoms with Crippen LogP contribution in [0, 0.1) is 5.92 Å². The Kier molecular flexibility index (Phi) is 4.73. The van der Waals surface area contributed by atoms with Crippen molar-refractivity contribution in [3.05, 3.63) is 107 Å². The van der Waals surface area contributed by atoms with Gasteiger partial charge in [-0.05, 0) is 48.2 Å². The van der Waals surface area contributed by atoms with Crippen LogP contribution in [0.5, 0.6) is 0 Å². The monoisotopic (exact) mass is 438 g/mol. The standard InChI is InChI=1S/C29H30N2O2/c1-31-19-23(29(32,21-10-5-3-6-11-21)22-12-7-4-8-13-22)17-28(33-2)24-14-9-15-25-27(24)20(18-30-25)16-26(28)31/h3-15,18,23,26,30,32H,16-17,19H2,1-2H3/t23?,26-,28+/m1/s1. The molecule has 4 heteroatoms. The van der Waals surface area contributed by atoms with Gasteiger partial charge in [0.25, 0.3) is 0 Å². The predicted octanol–water partition coefficient (Wildman–Crippen LogP) is 4.82. The number of benzene rings is 3. The molecule has 2 aliphatic rings. The molecular weight excluding hydrogens is 408 g/mol. The summed E-state index contributed by atoms with van der Waals surface area (Å²) in [4.78, 5) is 5.86. The number of nitrogens with one attached hydrogen (secondary N) is 1. The van der Waals surface area contributed by atoms with Crippen LogP contribution in [-0.4, -0.2) is 41.7 Å². The minimum atomic E-state index is -1.13. The van der Waals surface area contributed by atoms with Crippen LogP contribution in [0.15, 0.2) is 85.1 Å². The Hall–Kier alpha value is -2.92. The van der Waals surface area contributed by atoms with Crippen LogP contribution in [0.1, 0.15) is 28.7 Å². The number of likely N-dealkylation sites (N-methyl/N-ethyl adjacent to an activating group) is 1. The Labute approximate surface area is 194 Å². The van der Waals surface area contributed by atoms with E-state index in [9.17, 15) is 5.11 Å². The summed E-state index contributed by atoms with van der Waals surface area (Å²) in [6.45, 7) is 0.784. The zero-order valence-corrected chi connectivity index (χ0v) is 19.2. The van der Waals surface area contributed by atoms with Gasteiger partial charge in [0.05, 0.1) is 0 Å². The Morgan fingerprint density at radius 3 is 2.27 bits per heavy atom. The summed E-state index contributed by atoms with van der Waals surface area (Å²) in [5, 5.41) is 13.8. The Morgan fingerprint density at radius 2 is 1.64 bits per heavy atom. The number of H-pyrrole nitrogens is 1. The maximum absolute atomic E-state index is 12.6. The van der Waals surface area contributed by atoms with E-state index in [4.69, 9.17) is 4.74 Å². The molecule has 0 spiro atoms. The lowest BCUT2D eigenvalue weighted by molar-refractivity contribution is -0.155. The summed E-state index contributed by atoms with van der Waals surface area (Å²) >= 11 is 0. The molecule has 3 atom stereocenters. The Morgan fingerprint density at radius 1 is 0.970 bits per heavy atom. The number of aliphatic hydroxyl groups is 1. The third-order valence-electron chi connectivity index (χ3n) is 8.17. The van der Waals surface area contributed by atoms with Crippen LogP contribution in [0.2, 0.25) is 0 Å². The number of rotatable bonds is 4. The number of aromatic nitrogens is 1. The first-order valence-corrected chi connectivity index (χ1v) is 11.8. The number of nitrogens with zero attached hydrogens (tertiary/aromatic N) is 1. The van der Waals surface area contributed by atoms with E-state index in [0.29, 0.717) is 0 Å². The fourth-order valence-corrected chi connectivity index (χ4v) is 6.62. The van der Waals surface area contributed by atoms with Crippen LogP contribution in [0.3, 0.4) is 0 Å². The molecule has 1 saturated heterocycles. The van der Waals surface area contributed by atoms with Gasteiger partial charge >= 0.3 is 0 Å². The van der Waals surface area contributed by atoms with Gasteiger partial charge in [0.15, 0.2) is 0 Å². The first-order chi connectivity index (χ1) is 16.1. The van der Waals surface area contributed by atoms with E-state index in [1.54, 1.807) is 0 Å². The third kappa shape index (κ3) is 2.88. The van der Waals surface area contributed by atoms with Gasteiger partial charge in [0.1, 0.15) is 11.2 Å². The van der Waals surface area contributed by atoms with Crippen LogP contribution < -0.4 is 0 Å². The summed E-state index contributed by atoms with van der Waals surface area (Å²) in [5.74, 6) is -0.0563. The third-order valence-corrected chi connectivity index (χ3v) is 8.17. The van der Waals surface area contributed by atoms with Crippen molar-refractivity contribution in [3.63, 3.8) is 0 Å². The molecule has 33 heavy (non-hydrogen) atoms. The van der Waals surface area contributed by atoms with Crippen LogP contribution in [-0.2, 0) is 22.4 Å². The van der Waals surface area contributed by atoms with Gasteiger partial charge in [-0.25, -0.2) is 0 Å².